The smallest absolute Gasteiger partial charge is 0.162 e. The van der Waals surface area contributed by atoms with Crippen molar-refractivity contribution in [3.05, 3.63) is 33.8 Å². The second-order valence-corrected chi connectivity index (χ2v) is 4.44. The Labute approximate surface area is 113 Å². The Morgan fingerprint density at radius 1 is 1.29 bits per heavy atom. The lowest BCUT2D eigenvalue weighted by atomic mass is 10.2. The van der Waals surface area contributed by atoms with Crippen molar-refractivity contribution in [2.45, 2.75) is 6.61 Å². The molecule has 0 aliphatic heterocycles. The molecule has 0 spiro atoms. The molecule has 0 saturated heterocycles. The van der Waals surface area contributed by atoms with Crippen molar-refractivity contribution in [3.63, 3.8) is 0 Å². The summed E-state index contributed by atoms with van der Waals surface area (Å²) >= 11 is 2.12. The predicted molar refractivity (Wildman–Crippen MR) is 73.1 cm³/mol. The summed E-state index contributed by atoms with van der Waals surface area (Å²) in [6.45, 7) is 0.420. The van der Waals surface area contributed by atoms with Crippen LogP contribution in [0.15, 0.2) is 24.5 Å². The Bertz CT molecular complexity index is 518. The molecule has 2 N–H and O–H groups in total. The number of nitrogen functional groups attached to an aromatic ring is 1. The molecule has 0 aliphatic carbocycles. The van der Waals surface area contributed by atoms with Gasteiger partial charge in [0.25, 0.3) is 0 Å². The summed E-state index contributed by atoms with van der Waals surface area (Å²) in [7, 11) is 1.63. The first kappa shape index (κ1) is 12.2. The van der Waals surface area contributed by atoms with Crippen LogP contribution in [0.1, 0.15) is 5.69 Å². The van der Waals surface area contributed by atoms with Crippen LogP contribution in [-0.4, -0.2) is 22.1 Å². The molecule has 0 aromatic carbocycles. The fourth-order valence-corrected chi connectivity index (χ4v) is 1.77. The van der Waals surface area contributed by atoms with Gasteiger partial charge in [-0.15, -0.1) is 0 Å². The molecular weight excluding hydrogens is 331 g/mol. The van der Waals surface area contributed by atoms with E-state index in [2.05, 4.69) is 37.5 Å². The molecule has 0 unspecified atom stereocenters. The number of pyridine rings is 1. The van der Waals surface area contributed by atoms with Crippen molar-refractivity contribution in [2.24, 2.45) is 0 Å². The third-order valence-corrected chi connectivity index (χ3v) is 3.34. The molecule has 0 saturated carbocycles. The van der Waals surface area contributed by atoms with Crippen LogP contribution >= 0.6 is 22.6 Å². The van der Waals surface area contributed by atoms with Gasteiger partial charge in [-0.3, -0.25) is 4.98 Å². The Morgan fingerprint density at radius 2 is 2.00 bits per heavy atom. The van der Waals surface area contributed by atoms with Gasteiger partial charge in [0.1, 0.15) is 5.82 Å². The Balaban J connectivity index is 2.49. The Hall–Kier alpha value is -1.28. The van der Waals surface area contributed by atoms with Crippen LogP contribution in [0.2, 0.25) is 0 Å². The van der Waals surface area contributed by atoms with Crippen LogP contribution in [0.3, 0.4) is 0 Å². The van der Waals surface area contributed by atoms with Gasteiger partial charge in [0.2, 0.25) is 0 Å². The number of nitrogens with zero attached hydrogens (tertiary/aromatic N) is 3. The van der Waals surface area contributed by atoms with Crippen LogP contribution in [0, 0.1) is 3.57 Å². The minimum absolute atomic E-state index is 0.420. The number of halogens is 1. The number of rotatable bonds is 3. The topological polar surface area (TPSA) is 73.9 Å². The van der Waals surface area contributed by atoms with Crippen molar-refractivity contribution >= 4 is 28.4 Å². The SMILES string of the molecule is COCc1nc(-c2ccncc2)nc(N)c1I. The molecule has 0 radical (unpaired) electrons. The Morgan fingerprint density at radius 3 is 2.65 bits per heavy atom. The van der Waals surface area contributed by atoms with Crippen LogP contribution in [0.25, 0.3) is 11.4 Å². The molecule has 5 nitrogen and oxygen atoms in total. The second kappa shape index (κ2) is 5.37. The van der Waals surface area contributed by atoms with E-state index in [1.54, 1.807) is 19.5 Å². The maximum atomic E-state index is 5.86. The van der Waals surface area contributed by atoms with Crippen molar-refractivity contribution < 1.29 is 4.74 Å². The number of aromatic nitrogens is 3. The Kier molecular flexibility index (Phi) is 3.85. The van der Waals surface area contributed by atoms with Crippen LogP contribution in [-0.2, 0) is 11.3 Å². The normalized spacial score (nSPS) is 10.5. The van der Waals surface area contributed by atoms with Gasteiger partial charge in [0, 0.05) is 25.1 Å². The summed E-state index contributed by atoms with van der Waals surface area (Å²) in [6, 6.07) is 3.69. The van der Waals surface area contributed by atoms with Crippen molar-refractivity contribution in [2.75, 3.05) is 12.8 Å². The highest BCUT2D eigenvalue weighted by Crippen LogP contribution is 2.22. The van der Waals surface area contributed by atoms with Crippen molar-refractivity contribution in [3.8, 4) is 11.4 Å². The first-order valence-electron chi connectivity index (χ1n) is 4.93. The zero-order valence-electron chi connectivity index (χ0n) is 9.22. The zero-order chi connectivity index (χ0) is 12.3. The lowest BCUT2D eigenvalue weighted by Gasteiger charge is -2.08. The van der Waals surface area contributed by atoms with Crippen LogP contribution in [0.5, 0.6) is 0 Å². The van der Waals surface area contributed by atoms with Gasteiger partial charge < -0.3 is 10.5 Å². The van der Waals surface area contributed by atoms with Crippen LogP contribution < -0.4 is 5.73 Å². The lowest BCUT2D eigenvalue weighted by Crippen LogP contribution is -2.05. The largest absolute Gasteiger partial charge is 0.383 e. The van der Waals surface area contributed by atoms with Gasteiger partial charge in [0.15, 0.2) is 5.82 Å². The van der Waals surface area contributed by atoms with E-state index in [1.165, 1.54) is 0 Å². The summed E-state index contributed by atoms with van der Waals surface area (Å²) in [4.78, 5) is 12.7. The van der Waals surface area contributed by atoms with Crippen molar-refractivity contribution in [1.82, 2.24) is 15.0 Å². The monoisotopic (exact) mass is 342 g/mol. The lowest BCUT2D eigenvalue weighted by molar-refractivity contribution is 0.181. The molecule has 0 amide bonds. The summed E-state index contributed by atoms with van der Waals surface area (Å²) in [5, 5.41) is 0. The summed E-state index contributed by atoms with van der Waals surface area (Å²) in [5.41, 5.74) is 7.55. The predicted octanol–water partition coefficient (Wildman–Crippen LogP) is 1.87. The fraction of sp³-hybridized carbons (Fsp3) is 0.182. The van der Waals surface area contributed by atoms with E-state index in [0.717, 1.165) is 14.8 Å². The molecule has 0 bridgehead atoms. The molecule has 2 aromatic rings. The first-order valence-corrected chi connectivity index (χ1v) is 6.01. The van der Waals surface area contributed by atoms with E-state index in [0.29, 0.717) is 18.2 Å². The molecule has 2 heterocycles. The number of hydrogen-bond donors (Lipinski definition) is 1. The summed E-state index contributed by atoms with van der Waals surface area (Å²) in [6.07, 6.45) is 3.39. The minimum atomic E-state index is 0.420. The minimum Gasteiger partial charge on any atom is -0.383 e. The van der Waals surface area contributed by atoms with Gasteiger partial charge in [0.05, 0.1) is 15.9 Å². The number of anilines is 1. The molecule has 88 valence electrons. The quantitative estimate of drug-likeness (QED) is 0.862. The molecule has 6 heteroatoms. The van der Waals surface area contributed by atoms with E-state index >= 15 is 0 Å². The first-order chi connectivity index (χ1) is 8.22. The molecule has 0 fully saturated rings. The van der Waals surface area contributed by atoms with Gasteiger partial charge in [-0.05, 0) is 34.7 Å². The fourth-order valence-electron chi connectivity index (χ4n) is 1.38. The van der Waals surface area contributed by atoms with Gasteiger partial charge in [-0.25, -0.2) is 9.97 Å². The average molecular weight is 342 g/mol. The summed E-state index contributed by atoms with van der Waals surface area (Å²) in [5.74, 6) is 1.07. The number of nitrogens with two attached hydrogens (primary N) is 1. The zero-order valence-corrected chi connectivity index (χ0v) is 11.4. The number of hydrogen-bond acceptors (Lipinski definition) is 5. The molecule has 2 aromatic heterocycles. The standard InChI is InChI=1S/C11H11IN4O/c1-17-6-8-9(12)10(13)16-11(15-8)7-2-4-14-5-3-7/h2-5H,6H2,1H3,(H2,13,15,16). The second-order valence-electron chi connectivity index (χ2n) is 3.36. The van der Waals surface area contributed by atoms with E-state index < -0.39 is 0 Å². The molecular formula is C11H11IN4O. The number of methoxy groups -OCH3 is 1. The van der Waals surface area contributed by atoms with E-state index in [9.17, 15) is 0 Å². The van der Waals surface area contributed by atoms with Gasteiger partial charge >= 0.3 is 0 Å². The van der Waals surface area contributed by atoms with Gasteiger partial charge in [-0.1, -0.05) is 0 Å². The van der Waals surface area contributed by atoms with E-state index in [4.69, 9.17) is 10.5 Å². The van der Waals surface area contributed by atoms with Gasteiger partial charge in [-0.2, -0.15) is 0 Å². The molecule has 0 atom stereocenters. The summed E-state index contributed by atoms with van der Waals surface area (Å²) < 4.78 is 5.93. The van der Waals surface area contributed by atoms with Crippen LogP contribution in [0.4, 0.5) is 5.82 Å². The third-order valence-electron chi connectivity index (χ3n) is 2.17. The number of ether oxygens (including phenoxy) is 1. The van der Waals surface area contributed by atoms with E-state index in [1.807, 2.05) is 12.1 Å². The maximum absolute atomic E-state index is 5.86. The molecule has 0 aliphatic rings. The van der Waals surface area contributed by atoms with Crippen molar-refractivity contribution in [1.29, 1.82) is 0 Å². The third kappa shape index (κ3) is 2.70. The van der Waals surface area contributed by atoms with E-state index in [-0.39, 0.29) is 0 Å². The average Bonchev–Trinajstić information content (AvgIpc) is 2.36. The molecule has 17 heavy (non-hydrogen) atoms. The molecule has 2 rings (SSSR count). The highest BCUT2D eigenvalue weighted by molar-refractivity contribution is 14.1. The highest BCUT2D eigenvalue weighted by Gasteiger charge is 2.10. The maximum Gasteiger partial charge on any atom is 0.162 e. The highest BCUT2D eigenvalue weighted by atomic mass is 127.